The van der Waals surface area contributed by atoms with Gasteiger partial charge in [0.05, 0.1) is 16.2 Å². The van der Waals surface area contributed by atoms with Crippen molar-refractivity contribution in [2.24, 2.45) is 5.92 Å². The minimum atomic E-state index is -1.10. The number of carbonyl (C=O) groups is 1. The molecule has 2 N–H and O–H groups in total. The zero-order valence-electron chi connectivity index (χ0n) is 11.9. The molecule has 0 aromatic heterocycles. The highest BCUT2D eigenvalue weighted by Gasteiger charge is 2.17. The Morgan fingerprint density at radius 2 is 2.10 bits per heavy atom. The first-order valence-corrected chi connectivity index (χ1v) is 6.63. The Hall–Kier alpha value is -2.11. The number of aromatic carboxylic acids is 1. The van der Waals surface area contributed by atoms with E-state index in [0.29, 0.717) is 11.6 Å². The third-order valence-corrected chi connectivity index (χ3v) is 3.30. The van der Waals surface area contributed by atoms with Gasteiger partial charge in [-0.25, -0.2) is 4.79 Å². The van der Waals surface area contributed by atoms with Gasteiger partial charge in [0.2, 0.25) is 0 Å². The molecule has 0 spiro atoms. The minimum Gasteiger partial charge on any atom is -0.478 e. The van der Waals surface area contributed by atoms with Crippen LogP contribution < -0.4 is 5.32 Å². The van der Waals surface area contributed by atoms with Crippen LogP contribution in [0.15, 0.2) is 18.2 Å². The molecule has 1 aromatic rings. The van der Waals surface area contributed by atoms with Crippen LogP contribution in [0.2, 0.25) is 0 Å². The summed E-state index contributed by atoms with van der Waals surface area (Å²) in [6, 6.07) is 3.79. The summed E-state index contributed by atoms with van der Waals surface area (Å²) in [4.78, 5) is 21.4. The molecule has 6 heteroatoms. The first-order valence-electron chi connectivity index (χ1n) is 6.63. The molecular formula is C14H20N2O4. The van der Waals surface area contributed by atoms with E-state index in [9.17, 15) is 14.9 Å². The van der Waals surface area contributed by atoms with Crippen LogP contribution >= 0.6 is 0 Å². The average Bonchev–Trinajstić information content (AvgIpc) is 2.37. The maximum absolute atomic E-state index is 11.2. The van der Waals surface area contributed by atoms with E-state index in [2.05, 4.69) is 19.2 Å². The van der Waals surface area contributed by atoms with E-state index >= 15 is 0 Å². The number of carboxylic acid groups (broad SMARTS) is 1. The lowest BCUT2D eigenvalue weighted by Crippen LogP contribution is -2.20. The lowest BCUT2D eigenvalue weighted by molar-refractivity contribution is -0.384. The molecule has 0 saturated heterocycles. The zero-order chi connectivity index (χ0) is 15.3. The molecule has 20 heavy (non-hydrogen) atoms. The number of benzene rings is 1. The van der Waals surface area contributed by atoms with E-state index in [4.69, 9.17) is 5.11 Å². The Kier molecular flexibility index (Phi) is 5.49. The van der Waals surface area contributed by atoms with E-state index in [-0.39, 0.29) is 17.3 Å². The maximum atomic E-state index is 11.2. The van der Waals surface area contributed by atoms with Gasteiger partial charge in [0.15, 0.2) is 0 Å². The summed E-state index contributed by atoms with van der Waals surface area (Å²) in [6.45, 7) is 6.15. The summed E-state index contributed by atoms with van der Waals surface area (Å²) in [6.07, 6.45) is 1.91. The number of nitro benzene ring substituents is 1. The van der Waals surface area contributed by atoms with Gasteiger partial charge in [0, 0.05) is 18.2 Å². The molecule has 1 rings (SSSR count). The summed E-state index contributed by atoms with van der Waals surface area (Å²) in [5.41, 5.74) is 0.224. The number of nitrogens with one attached hydrogen (secondary N) is 1. The predicted molar refractivity (Wildman–Crippen MR) is 77.2 cm³/mol. The molecule has 0 aliphatic rings. The second kappa shape index (κ2) is 6.88. The van der Waals surface area contributed by atoms with Gasteiger partial charge >= 0.3 is 5.97 Å². The Labute approximate surface area is 118 Å². The molecule has 0 saturated carbocycles. The van der Waals surface area contributed by atoms with Crippen molar-refractivity contribution in [3.63, 3.8) is 0 Å². The lowest BCUT2D eigenvalue weighted by Gasteiger charge is -2.19. The normalized spacial score (nSPS) is 13.6. The average molecular weight is 280 g/mol. The van der Waals surface area contributed by atoms with Gasteiger partial charge in [-0.15, -0.1) is 0 Å². The van der Waals surface area contributed by atoms with Crippen LogP contribution in [0.3, 0.4) is 0 Å². The lowest BCUT2D eigenvalue weighted by atomic mass is 10.00. The highest BCUT2D eigenvalue weighted by Crippen LogP contribution is 2.24. The summed E-state index contributed by atoms with van der Waals surface area (Å²) in [5, 5.41) is 23.0. The summed E-state index contributed by atoms with van der Waals surface area (Å²) < 4.78 is 0. The number of hydrogen-bond donors (Lipinski definition) is 2. The molecule has 0 bridgehead atoms. The summed E-state index contributed by atoms with van der Waals surface area (Å²) >= 11 is 0. The van der Waals surface area contributed by atoms with Gasteiger partial charge in [-0.05, 0) is 25.3 Å². The molecule has 2 atom stereocenters. The van der Waals surface area contributed by atoms with Gasteiger partial charge in [-0.3, -0.25) is 10.1 Å². The van der Waals surface area contributed by atoms with Crippen molar-refractivity contribution in [1.29, 1.82) is 0 Å². The van der Waals surface area contributed by atoms with E-state index in [1.807, 2.05) is 6.92 Å². The molecular weight excluding hydrogens is 260 g/mol. The topological polar surface area (TPSA) is 92.5 Å². The molecule has 2 unspecified atom stereocenters. The fourth-order valence-electron chi connectivity index (χ4n) is 2.05. The zero-order valence-corrected chi connectivity index (χ0v) is 11.9. The first kappa shape index (κ1) is 15.9. The fourth-order valence-corrected chi connectivity index (χ4v) is 2.05. The largest absolute Gasteiger partial charge is 0.478 e. The van der Waals surface area contributed by atoms with Crippen molar-refractivity contribution in [3.8, 4) is 0 Å². The van der Waals surface area contributed by atoms with Crippen molar-refractivity contribution in [2.75, 3.05) is 5.32 Å². The third-order valence-electron chi connectivity index (χ3n) is 3.30. The van der Waals surface area contributed by atoms with Crippen LogP contribution in [-0.4, -0.2) is 22.0 Å². The Morgan fingerprint density at radius 3 is 2.60 bits per heavy atom. The highest BCUT2D eigenvalue weighted by atomic mass is 16.6. The molecule has 110 valence electrons. The number of anilines is 1. The molecule has 1 aromatic carbocycles. The summed E-state index contributed by atoms with van der Waals surface area (Å²) in [7, 11) is 0. The van der Waals surface area contributed by atoms with Crippen LogP contribution in [-0.2, 0) is 0 Å². The number of non-ortho nitro benzene ring substituents is 1. The number of rotatable bonds is 7. The van der Waals surface area contributed by atoms with E-state index in [0.717, 1.165) is 12.8 Å². The smallest absolute Gasteiger partial charge is 0.337 e. The van der Waals surface area contributed by atoms with E-state index < -0.39 is 10.9 Å². The van der Waals surface area contributed by atoms with Gasteiger partial charge in [-0.1, -0.05) is 20.3 Å². The van der Waals surface area contributed by atoms with Gasteiger partial charge in [0.1, 0.15) is 0 Å². The minimum absolute atomic E-state index is 0.0463. The van der Waals surface area contributed by atoms with Crippen molar-refractivity contribution < 1.29 is 14.8 Å². The number of carboxylic acids is 1. The van der Waals surface area contributed by atoms with Crippen LogP contribution in [0.4, 0.5) is 11.4 Å². The van der Waals surface area contributed by atoms with E-state index in [1.165, 1.54) is 18.2 Å². The number of nitrogens with zero attached hydrogens (tertiary/aromatic N) is 1. The molecule has 0 aliphatic heterocycles. The Bertz CT molecular complexity index is 502. The standard InChI is InChI=1S/C14H20N2O4/c1-4-9(2)7-10(3)15-13-8-11(16(19)20)5-6-12(13)14(17)18/h5-6,8-10,15H,4,7H2,1-3H3,(H,17,18). The molecule has 0 aliphatic carbocycles. The molecule has 0 amide bonds. The van der Waals surface area contributed by atoms with Gasteiger partial charge in [0.25, 0.3) is 5.69 Å². The van der Waals surface area contributed by atoms with Crippen molar-refractivity contribution >= 4 is 17.3 Å². The fraction of sp³-hybridized carbons (Fsp3) is 0.500. The Balaban J connectivity index is 2.98. The monoisotopic (exact) mass is 280 g/mol. The molecule has 0 fully saturated rings. The van der Waals surface area contributed by atoms with Crippen molar-refractivity contribution in [2.45, 2.75) is 39.7 Å². The van der Waals surface area contributed by atoms with Crippen LogP contribution in [0, 0.1) is 16.0 Å². The van der Waals surface area contributed by atoms with Gasteiger partial charge < -0.3 is 10.4 Å². The van der Waals surface area contributed by atoms with Crippen molar-refractivity contribution in [1.82, 2.24) is 0 Å². The number of nitro groups is 1. The maximum Gasteiger partial charge on any atom is 0.337 e. The van der Waals surface area contributed by atoms with Crippen molar-refractivity contribution in [3.05, 3.63) is 33.9 Å². The highest BCUT2D eigenvalue weighted by molar-refractivity contribution is 5.94. The first-order chi connectivity index (χ1) is 9.35. The van der Waals surface area contributed by atoms with Crippen LogP contribution in [0.1, 0.15) is 44.0 Å². The molecule has 6 nitrogen and oxygen atoms in total. The van der Waals surface area contributed by atoms with Crippen LogP contribution in [0.25, 0.3) is 0 Å². The molecule has 0 radical (unpaired) electrons. The van der Waals surface area contributed by atoms with E-state index in [1.54, 1.807) is 0 Å². The summed E-state index contributed by atoms with van der Waals surface area (Å²) in [5.74, 6) is -0.595. The second-order valence-corrected chi connectivity index (χ2v) is 5.09. The SMILES string of the molecule is CCC(C)CC(C)Nc1cc([N+](=O)[O-])ccc1C(=O)O. The Morgan fingerprint density at radius 1 is 1.45 bits per heavy atom. The van der Waals surface area contributed by atoms with Crippen LogP contribution in [0.5, 0.6) is 0 Å². The van der Waals surface area contributed by atoms with Gasteiger partial charge in [-0.2, -0.15) is 0 Å². The second-order valence-electron chi connectivity index (χ2n) is 5.09. The molecule has 0 heterocycles. The predicted octanol–water partition coefficient (Wildman–Crippen LogP) is 3.53. The number of hydrogen-bond acceptors (Lipinski definition) is 4. The quantitative estimate of drug-likeness (QED) is 0.588. The third kappa shape index (κ3) is 4.22.